The molecule has 0 saturated carbocycles. The van der Waals surface area contributed by atoms with E-state index in [-0.39, 0.29) is 17.9 Å². The summed E-state index contributed by atoms with van der Waals surface area (Å²) in [7, 11) is 0. The number of benzene rings is 1. The van der Waals surface area contributed by atoms with Gasteiger partial charge in [-0.1, -0.05) is 30.3 Å². The van der Waals surface area contributed by atoms with Crippen molar-refractivity contribution >= 4 is 11.8 Å². The third kappa shape index (κ3) is 3.97. The van der Waals surface area contributed by atoms with Crippen LogP contribution in [0.2, 0.25) is 0 Å². The minimum absolute atomic E-state index is 0.00600. The number of carbonyl (C=O) groups excluding carboxylic acids is 2. The lowest BCUT2D eigenvalue weighted by Gasteiger charge is -2.17. The van der Waals surface area contributed by atoms with Crippen LogP contribution < -0.4 is 5.32 Å². The fourth-order valence-electron chi connectivity index (χ4n) is 2.80. The molecule has 1 aliphatic heterocycles. The zero-order chi connectivity index (χ0) is 16.1. The molecule has 23 heavy (non-hydrogen) atoms. The highest BCUT2D eigenvalue weighted by molar-refractivity contribution is 5.92. The number of hydrogen-bond donors (Lipinski definition) is 2. The van der Waals surface area contributed by atoms with Gasteiger partial charge in [0.25, 0.3) is 5.91 Å². The molecule has 0 spiro atoms. The SMILES string of the molecule is O=C(NC1CCN(C(=O)CCc2ccccc2)C1)c1ccn[nH]1. The number of rotatable bonds is 5. The number of likely N-dealkylation sites (tertiary alicyclic amines) is 1. The van der Waals surface area contributed by atoms with Gasteiger partial charge in [0, 0.05) is 31.7 Å². The highest BCUT2D eigenvalue weighted by Gasteiger charge is 2.27. The molecular weight excluding hydrogens is 292 g/mol. The second-order valence-electron chi connectivity index (χ2n) is 5.75. The average Bonchev–Trinajstić information content (AvgIpc) is 3.25. The molecule has 6 heteroatoms. The summed E-state index contributed by atoms with van der Waals surface area (Å²) < 4.78 is 0. The first-order chi connectivity index (χ1) is 11.2. The van der Waals surface area contributed by atoms with Crippen LogP contribution >= 0.6 is 0 Å². The van der Waals surface area contributed by atoms with Crippen LogP contribution in [0.3, 0.4) is 0 Å². The average molecular weight is 312 g/mol. The zero-order valence-electron chi connectivity index (χ0n) is 12.9. The maximum atomic E-state index is 12.3. The van der Waals surface area contributed by atoms with Gasteiger partial charge in [0.05, 0.1) is 0 Å². The van der Waals surface area contributed by atoms with Gasteiger partial charge in [0.1, 0.15) is 5.69 Å². The van der Waals surface area contributed by atoms with Crippen LogP contribution in [0.15, 0.2) is 42.6 Å². The van der Waals surface area contributed by atoms with E-state index in [4.69, 9.17) is 0 Å². The molecule has 1 aromatic carbocycles. The first-order valence-corrected chi connectivity index (χ1v) is 7.84. The van der Waals surface area contributed by atoms with Crippen molar-refractivity contribution in [2.45, 2.75) is 25.3 Å². The van der Waals surface area contributed by atoms with Gasteiger partial charge in [-0.3, -0.25) is 14.7 Å². The number of aryl methyl sites for hydroxylation is 1. The largest absolute Gasteiger partial charge is 0.346 e. The lowest BCUT2D eigenvalue weighted by Crippen LogP contribution is -2.38. The van der Waals surface area contributed by atoms with Gasteiger partial charge in [0.15, 0.2) is 0 Å². The van der Waals surface area contributed by atoms with Gasteiger partial charge in [-0.15, -0.1) is 0 Å². The molecular formula is C17H20N4O2. The summed E-state index contributed by atoms with van der Waals surface area (Å²) in [5.74, 6) is -0.0294. The highest BCUT2D eigenvalue weighted by Crippen LogP contribution is 2.13. The molecule has 1 saturated heterocycles. The van der Waals surface area contributed by atoms with E-state index >= 15 is 0 Å². The van der Waals surface area contributed by atoms with E-state index < -0.39 is 0 Å². The van der Waals surface area contributed by atoms with Crippen LogP contribution in [0.25, 0.3) is 0 Å². The molecule has 2 aromatic rings. The molecule has 3 rings (SSSR count). The predicted molar refractivity (Wildman–Crippen MR) is 85.8 cm³/mol. The van der Waals surface area contributed by atoms with E-state index in [1.807, 2.05) is 35.2 Å². The molecule has 0 aliphatic carbocycles. The Morgan fingerprint density at radius 1 is 1.26 bits per heavy atom. The maximum Gasteiger partial charge on any atom is 0.269 e. The fourth-order valence-corrected chi connectivity index (χ4v) is 2.80. The number of aromatic nitrogens is 2. The summed E-state index contributed by atoms with van der Waals surface area (Å²) >= 11 is 0. The topological polar surface area (TPSA) is 78.1 Å². The first-order valence-electron chi connectivity index (χ1n) is 7.84. The molecule has 2 N–H and O–H groups in total. The zero-order valence-corrected chi connectivity index (χ0v) is 12.9. The Morgan fingerprint density at radius 3 is 2.83 bits per heavy atom. The van der Waals surface area contributed by atoms with Crippen molar-refractivity contribution in [1.29, 1.82) is 0 Å². The number of carbonyl (C=O) groups is 2. The Balaban J connectivity index is 1.45. The van der Waals surface area contributed by atoms with E-state index in [0.29, 0.717) is 25.2 Å². The van der Waals surface area contributed by atoms with Gasteiger partial charge in [-0.05, 0) is 24.5 Å². The van der Waals surface area contributed by atoms with E-state index in [9.17, 15) is 9.59 Å². The normalized spacial score (nSPS) is 17.2. The van der Waals surface area contributed by atoms with Crippen molar-refractivity contribution in [1.82, 2.24) is 20.4 Å². The quantitative estimate of drug-likeness (QED) is 0.875. The number of amides is 2. The molecule has 0 bridgehead atoms. The standard InChI is InChI=1S/C17H20N4O2/c22-16(7-6-13-4-2-1-3-5-13)21-11-9-14(12-21)19-17(23)15-8-10-18-20-15/h1-5,8,10,14H,6-7,9,11-12H2,(H,18,20)(H,19,23). The van der Waals surface area contributed by atoms with Crippen molar-refractivity contribution in [3.63, 3.8) is 0 Å². The van der Waals surface area contributed by atoms with Gasteiger partial charge >= 0.3 is 0 Å². The van der Waals surface area contributed by atoms with Gasteiger partial charge in [-0.25, -0.2) is 0 Å². The summed E-state index contributed by atoms with van der Waals surface area (Å²) in [6, 6.07) is 11.6. The molecule has 1 aliphatic rings. The minimum Gasteiger partial charge on any atom is -0.346 e. The van der Waals surface area contributed by atoms with E-state index in [1.54, 1.807) is 12.3 Å². The van der Waals surface area contributed by atoms with Crippen molar-refractivity contribution in [3.05, 3.63) is 53.9 Å². The second kappa shape index (κ2) is 7.09. The summed E-state index contributed by atoms with van der Waals surface area (Å²) in [5.41, 5.74) is 1.61. The van der Waals surface area contributed by atoms with E-state index in [0.717, 1.165) is 12.8 Å². The highest BCUT2D eigenvalue weighted by atomic mass is 16.2. The van der Waals surface area contributed by atoms with Crippen LogP contribution in [-0.4, -0.2) is 46.0 Å². The third-order valence-corrected chi connectivity index (χ3v) is 4.09. The Bertz CT molecular complexity index is 654. The van der Waals surface area contributed by atoms with Crippen LogP contribution in [0.4, 0.5) is 0 Å². The van der Waals surface area contributed by atoms with Gasteiger partial charge in [0.2, 0.25) is 5.91 Å². The van der Waals surface area contributed by atoms with Crippen molar-refractivity contribution < 1.29 is 9.59 Å². The van der Waals surface area contributed by atoms with E-state index in [1.165, 1.54) is 5.56 Å². The van der Waals surface area contributed by atoms with Crippen LogP contribution in [0.5, 0.6) is 0 Å². The summed E-state index contributed by atoms with van der Waals surface area (Å²) in [6.45, 7) is 1.27. The second-order valence-corrected chi connectivity index (χ2v) is 5.75. The van der Waals surface area contributed by atoms with Crippen LogP contribution in [0.1, 0.15) is 28.9 Å². The lowest BCUT2D eigenvalue weighted by molar-refractivity contribution is -0.130. The molecule has 2 heterocycles. The lowest BCUT2D eigenvalue weighted by atomic mass is 10.1. The molecule has 1 unspecified atom stereocenters. The summed E-state index contributed by atoms with van der Waals surface area (Å²) in [5, 5.41) is 9.34. The monoisotopic (exact) mass is 312 g/mol. The maximum absolute atomic E-state index is 12.3. The van der Waals surface area contributed by atoms with Gasteiger partial charge in [-0.2, -0.15) is 5.10 Å². The number of nitrogens with one attached hydrogen (secondary N) is 2. The molecule has 120 valence electrons. The summed E-state index contributed by atoms with van der Waals surface area (Å²) in [4.78, 5) is 26.1. The molecule has 1 aromatic heterocycles. The Hall–Kier alpha value is -2.63. The van der Waals surface area contributed by atoms with E-state index in [2.05, 4.69) is 15.5 Å². The minimum atomic E-state index is -0.175. The molecule has 6 nitrogen and oxygen atoms in total. The van der Waals surface area contributed by atoms with Crippen LogP contribution in [-0.2, 0) is 11.2 Å². The predicted octanol–water partition coefficient (Wildman–Crippen LogP) is 1.37. The van der Waals surface area contributed by atoms with Crippen molar-refractivity contribution in [2.24, 2.45) is 0 Å². The number of aromatic amines is 1. The smallest absolute Gasteiger partial charge is 0.269 e. The number of hydrogen-bond acceptors (Lipinski definition) is 3. The third-order valence-electron chi connectivity index (χ3n) is 4.09. The number of nitrogens with zero attached hydrogens (tertiary/aromatic N) is 2. The van der Waals surface area contributed by atoms with Gasteiger partial charge < -0.3 is 10.2 Å². The van der Waals surface area contributed by atoms with Crippen LogP contribution in [0, 0.1) is 0 Å². The molecule has 1 fully saturated rings. The molecule has 0 radical (unpaired) electrons. The first kappa shape index (κ1) is 15.3. The molecule has 1 atom stereocenters. The van der Waals surface area contributed by atoms with Crippen molar-refractivity contribution in [2.75, 3.05) is 13.1 Å². The molecule has 2 amide bonds. The van der Waals surface area contributed by atoms with Crippen molar-refractivity contribution in [3.8, 4) is 0 Å². The Labute approximate surface area is 134 Å². The summed E-state index contributed by atoms with van der Waals surface area (Å²) in [6.07, 6.45) is 3.59. The Kier molecular flexibility index (Phi) is 4.71. The fraction of sp³-hybridized carbons (Fsp3) is 0.353. The number of H-pyrrole nitrogens is 1. The Morgan fingerprint density at radius 2 is 2.09 bits per heavy atom.